The van der Waals surface area contributed by atoms with E-state index in [0.717, 1.165) is 6.07 Å². The van der Waals surface area contributed by atoms with Gasteiger partial charge in [0.15, 0.2) is 0 Å². The Morgan fingerprint density at radius 1 is 1.53 bits per heavy atom. The van der Waals surface area contributed by atoms with Crippen molar-refractivity contribution in [3.05, 3.63) is 33.9 Å². The largest absolute Gasteiger partial charge is 0.319 e. The molecule has 96 valence electrons. The van der Waals surface area contributed by atoms with E-state index in [9.17, 15) is 14.9 Å². The second-order valence-corrected chi connectivity index (χ2v) is 3.68. The summed E-state index contributed by atoms with van der Waals surface area (Å²) in [7, 11) is 0. The quantitative estimate of drug-likeness (QED) is 0.653. The van der Waals surface area contributed by atoms with Crippen molar-refractivity contribution in [1.29, 1.82) is 10.5 Å². The summed E-state index contributed by atoms with van der Waals surface area (Å²) in [6.07, 6.45) is 0.312. The molecule has 1 unspecified atom stereocenters. The lowest BCUT2D eigenvalue weighted by Crippen LogP contribution is -2.21. The van der Waals surface area contributed by atoms with Crippen LogP contribution >= 0.6 is 0 Å². The van der Waals surface area contributed by atoms with Gasteiger partial charge in [-0.3, -0.25) is 14.9 Å². The molecule has 0 aliphatic rings. The van der Waals surface area contributed by atoms with Gasteiger partial charge in [0.05, 0.1) is 22.6 Å². The van der Waals surface area contributed by atoms with Crippen LogP contribution < -0.4 is 5.32 Å². The van der Waals surface area contributed by atoms with Crippen molar-refractivity contribution in [3.63, 3.8) is 0 Å². The number of carbonyl (C=O) groups excluding carboxylic acids is 1. The van der Waals surface area contributed by atoms with Gasteiger partial charge < -0.3 is 5.32 Å². The molecule has 0 spiro atoms. The third-order valence-electron chi connectivity index (χ3n) is 2.46. The molecule has 1 aromatic rings. The summed E-state index contributed by atoms with van der Waals surface area (Å²) in [4.78, 5) is 21.9. The Kier molecular flexibility index (Phi) is 4.56. The van der Waals surface area contributed by atoms with E-state index in [0.29, 0.717) is 6.42 Å². The maximum atomic E-state index is 11.7. The van der Waals surface area contributed by atoms with Crippen molar-refractivity contribution in [2.24, 2.45) is 5.92 Å². The van der Waals surface area contributed by atoms with Crippen LogP contribution in [0.1, 0.15) is 18.9 Å². The Labute approximate surface area is 109 Å². The average Bonchev–Trinajstić information content (AvgIpc) is 2.40. The number of nitriles is 2. The minimum atomic E-state index is -0.866. The number of anilines is 1. The van der Waals surface area contributed by atoms with E-state index in [1.165, 1.54) is 12.1 Å². The predicted octanol–water partition coefficient (Wildman–Crippen LogP) is 1.95. The highest BCUT2D eigenvalue weighted by Crippen LogP contribution is 2.26. The zero-order valence-corrected chi connectivity index (χ0v) is 10.1. The van der Waals surface area contributed by atoms with Gasteiger partial charge in [0, 0.05) is 6.07 Å². The topological polar surface area (TPSA) is 120 Å². The van der Waals surface area contributed by atoms with E-state index in [4.69, 9.17) is 10.5 Å². The van der Waals surface area contributed by atoms with Gasteiger partial charge in [0.1, 0.15) is 11.6 Å². The molecule has 1 N–H and O–H groups in total. The monoisotopic (exact) mass is 258 g/mol. The van der Waals surface area contributed by atoms with Crippen molar-refractivity contribution in [3.8, 4) is 12.1 Å². The summed E-state index contributed by atoms with van der Waals surface area (Å²) in [5, 5.41) is 30.6. The molecule has 0 aliphatic carbocycles. The first-order valence-electron chi connectivity index (χ1n) is 5.42. The van der Waals surface area contributed by atoms with Gasteiger partial charge in [-0.05, 0) is 18.6 Å². The Balaban J connectivity index is 3.09. The number of nitrogens with zero attached hydrogens (tertiary/aromatic N) is 3. The van der Waals surface area contributed by atoms with Gasteiger partial charge in [-0.25, -0.2) is 0 Å². The van der Waals surface area contributed by atoms with Crippen LogP contribution in [0.15, 0.2) is 18.2 Å². The molecule has 0 heterocycles. The zero-order valence-electron chi connectivity index (χ0n) is 10.1. The van der Waals surface area contributed by atoms with Gasteiger partial charge in [-0.2, -0.15) is 10.5 Å². The van der Waals surface area contributed by atoms with Gasteiger partial charge in [0.2, 0.25) is 5.91 Å². The Morgan fingerprint density at radius 2 is 2.21 bits per heavy atom. The number of benzene rings is 1. The van der Waals surface area contributed by atoms with Gasteiger partial charge >= 0.3 is 0 Å². The Bertz CT molecular complexity index is 598. The lowest BCUT2D eigenvalue weighted by atomic mass is 10.1. The van der Waals surface area contributed by atoms with Crippen molar-refractivity contribution in [2.45, 2.75) is 13.3 Å². The molecule has 19 heavy (non-hydrogen) atoms. The first-order chi connectivity index (χ1) is 9.03. The maximum Gasteiger partial charge on any atom is 0.294 e. The zero-order chi connectivity index (χ0) is 14.4. The van der Waals surface area contributed by atoms with Gasteiger partial charge in [0.25, 0.3) is 5.69 Å². The van der Waals surface area contributed by atoms with Crippen molar-refractivity contribution < 1.29 is 9.72 Å². The molecule has 1 atom stereocenters. The molecule has 1 rings (SSSR count). The normalized spacial score (nSPS) is 10.9. The summed E-state index contributed by atoms with van der Waals surface area (Å²) in [6.45, 7) is 1.67. The molecule has 0 aliphatic heterocycles. The van der Waals surface area contributed by atoms with Crippen LogP contribution in [0.4, 0.5) is 11.4 Å². The molecule has 0 saturated heterocycles. The molecule has 1 aromatic carbocycles. The molecule has 0 aromatic heterocycles. The van der Waals surface area contributed by atoms with Crippen LogP contribution in [-0.2, 0) is 4.79 Å². The molecular formula is C12H10N4O3. The van der Waals surface area contributed by atoms with Crippen LogP contribution in [0.25, 0.3) is 0 Å². The van der Waals surface area contributed by atoms with Gasteiger partial charge in [-0.1, -0.05) is 6.92 Å². The van der Waals surface area contributed by atoms with E-state index in [2.05, 4.69) is 5.32 Å². The van der Waals surface area contributed by atoms with Crippen LogP contribution in [0.3, 0.4) is 0 Å². The second kappa shape index (κ2) is 6.12. The Morgan fingerprint density at radius 3 is 2.68 bits per heavy atom. The SMILES string of the molecule is CCC(C#N)C(=O)Nc1ccc(C#N)cc1[N+](=O)[O-]. The second-order valence-electron chi connectivity index (χ2n) is 3.68. The number of nitro benzene ring substituents is 1. The van der Waals surface area contributed by atoms with E-state index in [1.807, 2.05) is 6.07 Å². The summed E-state index contributed by atoms with van der Waals surface area (Å²) >= 11 is 0. The van der Waals surface area contributed by atoms with Crippen molar-refractivity contribution >= 4 is 17.3 Å². The van der Waals surface area contributed by atoms with Crippen molar-refractivity contribution in [2.75, 3.05) is 5.32 Å². The first-order valence-corrected chi connectivity index (χ1v) is 5.42. The fourth-order valence-electron chi connectivity index (χ4n) is 1.41. The number of hydrogen-bond acceptors (Lipinski definition) is 5. The molecule has 0 radical (unpaired) electrons. The number of nitrogens with one attached hydrogen (secondary N) is 1. The summed E-state index contributed by atoms with van der Waals surface area (Å²) < 4.78 is 0. The molecule has 7 heteroatoms. The predicted molar refractivity (Wildman–Crippen MR) is 65.8 cm³/mol. The number of carbonyl (C=O) groups is 1. The highest BCUT2D eigenvalue weighted by atomic mass is 16.6. The van der Waals surface area contributed by atoms with Gasteiger partial charge in [-0.15, -0.1) is 0 Å². The van der Waals surface area contributed by atoms with E-state index >= 15 is 0 Å². The summed E-state index contributed by atoms with van der Waals surface area (Å²) in [5.41, 5.74) is -0.278. The van der Waals surface area contributed by atoms with Crippen LogP contribution in [-0.4, -0.2) is 10.8 Å². The highest BCUT2D eigenvalue weighted by Gasteiger charge is 2.21. The Hall–Kier alpha value is -2.93. The van der Waals surface area contributed by atoms with Crippen LogP contribution in [0, 0.1) is 38.7 Å². The van der Waals surface area contributed by atoms with Crippen molar-refractivity contribution in [1.82, 2.24) is 0 Å². The molecule has 0 fully saturated rings. The van der Waals surface area contributed by atoms with Crippen LogP contribution in [0.2, 0.25) is 0 Å². The number of amides is 1. The smallest absolute Gasteiger partial charge is 0.294 e. The highest BCUT2D eigenvalue weighted by molar-refractivity contribution is 5.96. The standard InChI is InChI=1S/C12H10N4O3/c1-2-9(7-14)12(17)15-10-4-3-8(6-13)5-11(10)16(18)19/h3-5,9H,2H2,1H3,(H,15,17). The molecule has 0 bridgehead atoms. The first kappa shape index (κ1) is 14.1. The molecular weight excluding hydrogens is 248 g/mol. The molecule has 1 amide bonds. The summed E-state index contributed by atoms with van der Waals surface area (Å²) in [6, 6.07) is 7.29. The van der Waals surface area contributed by atoms with E-state index < -0.39 is 16.7 Å². The van der Waals surface area contributed by atoms with E-state index in [1.54, 1.807) is 13.0 Å². The molecule has 7 nitrogen and oxygen atoms in total. The summed E-state index contributed by atoms with van der Waals surface area (Å²) in [5.74, 6) is -1.46. The minimum absolute atomic E-state index is 0.0253. The minimum Gasteiger partial charge on any atom is -0.319 e. The fourth-order valence-corrected chi connectivity index (χ4v) is 1.41. The molecule has 0 saturated carbocycles. The third-order valence-corrected chi connectivity index (χ3v) is 2.46. The van der Waals surface area contributed by atoms with E-state index in [-0.39, 0.29) is 16.9 Å². The third kappa shape index (κ3) is 3.27. The lowest BCUT2D eigenvalue weighted by molar-refractivity contribution is -0.384. The number of rotatable bonds is 4. The average molecular weight is 258 g/mol. The lowest BCUT2D eigenvalue weighted by Gasteiger charge is -2.08. The van der Waals surface area contributed by atoms with Crippen LogP contribution in [0.5, 0.6) is 0 Å². The maximum absolute atomic E-state index is 11.7. The number of hydrogen-bond donors (Lipinski definition) is 1. The number of nitro groups is 1. The fraction of sp³-hybridized carbons (Fsp3) is 0.250.